The molecule has 6 heteroatoms. The summed E-state index contributed by atoms with van der Waals surface area (Å²) in [6.45, 7) is 0.565. The molecule has 106 valence electrons. The minimum atomic E-state index is 0.0113. The maximum absolute atomic E-state index is 12.3. The largest absolute Gasteiger partial charge is 0.497 e. The number of methoxy groups -OCH3 is 1. The van der Waals surface area contributed by atoms with Crippen LogP contribution in [0.5, 0.6) is 5.75 Å². The molecule has 0 aliphatic rings. The molecule has 0 N–H and O–H groups in total. The van der Waals surface area contributed by atoms with Crippen LogP contribution in [0.4, 0.5) is 0 Å². The second kappa shape index (κ2) is 6.74. The molecule has 2 rings (SSSR count). The molecule has 1 amide bonds. The van der Waals surface area contributed by atoms with E-state index < -0.39 is 0 Å². The van der Waals surface area contributed by atoms with Crippen LogP contribution in [0.25, 0.3) is 0 Å². The summed E-state index contributed by atoms with van der Waals surface area (Å²) in [4.78, 5) is 14.7. The van der Waals surface area contributed by atoms with Gasteiger partial charge < -0.3 is 9.64 Å². The van der Waals surface area contributed by atoms with E-state index in [-0.39, 0.29) is 5.91 Å². The smallest absolute Gasteiger partial charge is 0.264 e. The van der Waals surface area contributed by atoms with E-state index in [1.165, 1.54) is 11.3 Å². The molecule has 0 saturated carbocycles. The van der Waals surface area contributed by atoms with Crippen molar-refractivity contribution in [2.24, 2.45) is 0 Å². The number of amides is 1. The lowest BCUT2D eigenvalue weighted by atomic mass is 10.2. The van der Waals surface area contributed by atoms with Crippen LogP contribution in [0.3, 0.4) is 0 Å². The van der Waals surface area contributed by atoms with Crippen LogP contribution in [0.1, 0.15) is 15.2 Å². The molecule has 3 nitrogen and oxygen atoms in total. The van der Waals surface area contributed by atoms with Gasteiger partial charge in [0.15, 0.2) is 0 Å². The number of rotatable bonds is 4. The minimum absolute atomic E-state index is 0.0113. The molecule has 20 heavy (non-hydrogen) atoms. The number of thiophene rings is 1. The number of hydrogen-bond donors (Lipinski definition) is 0. The Morgan fingerprint density at radius 2 is 1.95 bits per heavy atom. The molecule has 0 unspecified atom stereocenters. The number of nitrogens with zero attached hydrogens (tertiary/aromatic N) is 1. The van der Waals surface area contributed by atoms with Gasteiger partial charge in [-0.25, -0.2) is 0 Å². The van der Waals surface area contributed by atoms with Crippen LogP contribution < -0.4 is 4.74 Å². The molecular weight excluding hydrogens is 406 g/mol. The van der Waals surface area contributed by atoms with Crippen LogP contribution in [0, 0.1) is 0 Å². The maximum Gasteiger partial charge on any atom is 0.264 e. The molecule has 1 aromatic heterocycles. The zero-order chi connectivity index (χ0) is 14.7. The van der Waals surface area contributed by atoms with Gasteiger partial charge in [0.2, 0.25) is 0 Å². The lowest BCUT2D eigenvalue weighted by Crippen LogP contribution is -2.25. The van der Waals surface area contributed by atoms with Crippen molar-refractivity contribution in [1.29, 1.82) is 0 Å². The highest BCUT2D eigenvalue weighted by Crippen LogP contribution is 2.33. The van der Waals surface area contributed by atoms with Crippen molar-refractivity contribution in [2.45, 2.75) is 6.54 Å². The third-order valence-electron chi connectivity index (χ3n) is 2.78. The van der Waals surface area contributed by atoms with Crippen LogP contribution in [0.15, 0.2) is 38.6 Å². The zero-order valence-electron chi connectivity index (χ0n) is 11.0. The van der Waals surface area contributed by atoms with Crippen molar-refractivity contribution in [3.05, 3.63) is 49.0 Å². The summed E-state index contributed by atoms with van der Waals surface area (Å²) in [5.74, 6) is 0.825. The van der Waals surface area contributed by atoms with E-state index in [0.29, 0.717) is 11.4 Å². The van der Waals surface area contributed by atoms with E-state index in [9.17, 15) is 4.79 Å². The molecule has 0 bridgehead atoms. The van der Waals surface area contributed by atoms with Gasteiger partial charge in [-0.2, -0.15) is 0 Å². The molecule has 0 atom stereocenters. The van der Waals surface area contributed by atoms with Crippen molar-refractivity contribution in [1.82, 2.24) is 4.90 Å². The quantitative estimate of drug-likeness (QED) is 0.728. The fourth-order valence-electron chi connectivity index (χ4n) is 1.72. The van der Waals surface area contributed by atoms with Gasteiger partial charge in [0.1, 0.15) is 5.75 Å². The normalized spacial score (nSPS) is 10.4. The van der Waals surface area contributed by atoms with Crippen LogP contribution in [-0.4, -0.2) is 25.0 Å². The fraction of sp³-hybridized carbons (Fsp3) is 0.214. The Bertz CT molecular complexity index is 591. The van der Waals surface area contributed by atoms with Crippen LogP contribution in [0.2, 0.25) is 0 Å². The minimum Gasteiger partial charge on any atom is -0.497 e. The summed E-state index contributed by atoms with van der Waals surface area (Å²) >= 11 is 8.22. The molecule has 2 aromatic rings. The topological polar surface area (TPSA) is 29.5 Å². The summed E-state index contributed by atoms with van der Waals surface area (Å²) in [6.07, 6.45) is 0. The first-order valence-electron chi connectivity index (χ1n) is 5.84. The second-order valence-corrected chi connectivity index (χ2v) is 7.47. The predicted molar refractivity (Wildman–Crippen MR) is 88.5 cm³/mol. The number of carbonyl (C=O) groups is 1. The number of benzene rings is 1. The highest BCUT2D eigenvalue weighted by molar-refractivity contribution is 9.13. The highest BCUT2D eigenvalue weighted by atomic mass is 79.9. The molecule has 0 aliphatic carbocycles. The van der Waals surface area contributed by atoms with Gasteiger partial charge in [-0.3, -0.25) is 4.79 Å². The number of carbonyl (C=O) groups excluding carboxylic acids is 1. The Morgan fingerprint density at radius 1 is 1.30 bits per heavy atom. The van der Waals surface area contributed by atoms with Crippen molar-refractivity contribution in [2.75, 3.05) is 14.2 Å². The molecule has 0 fully saturated rings. The molecule has 0 aliphatic heterocycles. The van der Waals surface area contributed by atoms with E-state index in [1.807, 2.05) is 30.3 Å². The van der Waals surface area contributed by atoms with E-state index in [0.717, 1.165) is 19.6 Å². The third-order valence-corrected chi connectivity index (χ3v) is 6.03. The molecule has 1 heterocycles. The Morgan fingerprint density at radius 3 is 2.45 bits per heavy atom. The van der Waals surface area contributed by atoms with Crippen molar-refractivity contribution in [3.63, 3.8) is 0 Å². The fourth-order valence-corrected chi connectivity index (χ4v) is 3.75. The molecule has 0 saturated heterocycles. The Hall–Kier alpha value is -0.850. The zero-order valence-corrected chi connectivity index (χ0v) is 15.0. The molecular formula is C14H13Br2NO2S. The van der Waals surface area contributed by atoms with Crippen LogP contribution in [-0.2, 0) is 6.54 Å². The Balaban J connectivity index is 2.06. The molecule has 0 radical (unpaired) electrons. The summed E-state index contributed by atoms with van der Waals surface area (Å²) in [7, 11) is 3.44. The van der Waals surface area contributed by atoms with Crippen molar-refractivity contribution >= 4 is 49.1 Å². The first-order chi connectivity index (χ1) is 9.51. The van der Waals surface area contributed by atoms with Gasteiger partial charge in [-0.15, -0.1) is 11.3 Å². The number of halogens is 2. The maximum atomic E-state index is 12.3. The summed E-state index contributed by atoms with van der Waals surface area (Å²) in [5, 5.41) is 0. The lowest BCUT2D eigenvalue weighted by molar-refractivity contribution is 0.0790. The third kappa shape index (κ3) is 3.62. The first-order valence-corrected chi connectivity index (χ1v) is 8.24. The summed E-state index contributed by atoms with van der Waals surface area (Å²) in [5.41, 5.74) is 1.07. The standard InChI is InChI=1S/C14H13Br2NO2S/c1-17(8-9-3-5-10(19-2)6-4-9)14(18)12-7-11(15)13(16)20-12/h3-7H,8H2,1-2H3. The number of ether oxygens (including phenoxy) is 1. The molecule has 1 aromatic carbocycles. The number of hydrogen-bond acceptors (Lipinski definition) is 3. The average molecular weight is 419 g/mol. The van der Waals surface area contributed by atoms with Gasteiger partial charge in [-0.1, -0.05) is 12.1 Å². The van der Waals surface area contributed by atoms with E-state index in [4.69, 9.17) is 4.74 Å². The predicted octanol–water partition coefficient (Wildman–Crippen LogP) is 4.55. The van der Waals surface area contributed by atoms with Gasteiger partial charge in [-0.05, 0) is 55.6 Å². The van der Waals surface area contributed by atoms with Crippen molar-refractivity contribution < 1.29 is 9.53 Å². The van der Waals surface area contributed by atoms with Gasteiger partial charge in [0.05, 0.1) is 15.8 Å². The Kier molecular flexibility index (Phi) is 5.23. The summed E-state index contributed by atoms with van der Waals surface area (Å²) < 4.78 is 6.95. The van der Waals surface area contributed by atoms with E-state index >= 15 is 0 Å². The van der Waals surface area contributed by atoms with Crippen molar-refractivity contribution in [3.8, 4) is 5.75 Å². The lowest BCUT2D eigenvalue weighted by Gasteiger charge is -2.16. The van der Waals surface area contributed by atoms with Gasteiger partial charge >= 0.3 is 0 Å². The molecule has 0 spiro atoms. The van der Waals surface area contributed by atoms with E-state index in [1.54, 1.807) is 19.1 Å². The average Bonchev–Trinajstić information content (AvgIpc) is 2.78. The summed E-state index contributed by atoms with van der Waals surface area (Å²) in [6, 6.07) is 9.55. The highest BCUT2D eigenvalue weighted by Gasteiger charge is 2.16. The SMILES string of the molecule is COc1ccc(CN(C)C(=O)c2cc(Br)c(Br)s2)cc1. The first kappa shape index (κ1) is 15.5. The van der Waals surface area contributed by atoms with E-state index in [2.05, 4.69) is 31.9 Å². The Labute approximate surface area is 138 Å². The monoisotopic (exact) mass is 417 g/mol. The van der Waals surface area contributed by atoms with Gasteiger partial charge in [0, 0.05) is 18.1 Å². The van der Waals surface area contributed by atoms with Gasteiger partial charge in [0.25, 0.3) is 5.91 Å². The second-order valence-electron chi connectivity index (χ2n) is 4.24. The van der Waals surface area contributed by atoms with Crippen LogP contribution >= 0.6 is 43.2 Å².